The molecule has 0 bridgehead atoms. The van der Waals surface area contributed by atoms with Gasteiger partial charge in [0.05, 0.1) is 0 Å². The van der Waals surface area contributed by atoms with Crippen molar-refractivity contribution in [1.82, 2.24) is 0 Å². The fourth-order valence-electron chi connectivity index (χ4n) is 5.80. The van der Waals surface area contributed by atoms with Crippen LogP contribution in [0.25, 0.3) is 0 Å². The quantitative estimate of drug-likeness (QED) is 0.0818. The van der Waals surface area contributed by atoms with Gasteiger partial charge in [0.25, 0.3) is 0 Å². The Bertz CT molecular complexity index is 1340. The van der Waals surface area contributed by atoms with Crippen molar-refractivity contribution in [1.29, 1.82) is 0 Å². The molecule has 0 amide bonds. The molecule has 2 rings (SSSR count). The Morgan fingerprint density at radius 2 is 0.878 bits per heavy atom. The Kier molecular flexibility index (Phi) is 16.3. The Balaban J connectivity index is 3.01. The lowest BCUT2D eigenvalue weighted by Crippen LogP contribution is -2.70. The monoisotopic (exact) mass is 684 g/mol. The molecule has 0 radical (unpaired) electrons. The molecule has 2 aromatic carbocycles. The summed E-state index contributed by atoms with van der Waals surface area (Å²) in [7, 11) is 0. The van der Waals surface area contributed by atoms with Crippen molar-refractivity contribution in [2.45, 2.75) is 98.8 Å². The molecule has 2 aromatic rings. The van der Waals surface area contributed by atoms with E-state index in [2.05, 4.69) is 13.2 Å². The lowest BCUT2D eigenvalue weighted by molar-refractivity contribution is -0.506. The summed E-state index contributed by atoms with van der Waals surface area (Å²) >= 11 is 0. The fraction of sp³-hybridized carbons (Fsp3) is 0.538. The first-order valence-corrected chi connectivity index (χ1v) is 17.1. The van der Waals surface area contributed by atoms with Crippen molar-refractivity contribution in [3.8, 4) is 11.5 Å². The number of carbonyl (C=O) groups is 2. The van der Waals surface area contributed by atoms with Crippen LogP contribution in [0.1, 0.15) is 80.4 Å². The molecule has 0 aromatic heterocycles. The Morgan fingerprint density at radius 1 is 0.551 bits per heavy atom. The van der Waals surface area contributed by atoms with Crippen molar-refractivity contribution in [2.75, 3.05) is 39.6 Å². The highest BCUT2D eigenvalue weighted by Crippen LogP contribution is 2.56. The summed E-state index contributed by atoms with van der Waals surface area (Å²) in [6, 6.07) is 14.1. The molecule has 10 nitrogen and oxygen atoms in total. The van der Waals surface area contributed by atoms with E-state index in [-0.39, 0.29) is 51.2 Å². The minimum absolute atomic E-state index is 0.168. The number of ether oxygens (including phenoxy) is 8. The average Bonchev–Trinajstić information content (AvgIpc) is 3.07. The van der Waals surface area contributed by atoms with Gasteiger partial charge in [-0.15, -0.1) is 0 Å². The summed E-state index contributed by atoms with van der Waals surface area (Å²) in [5.74, 6) is -3.15. The summed E-state index contributed by atoms with van der Waals surface area (Å²) in [4.78, 5) is 25.0. The van der Waals surface area contributed by atoms with Gasteiger partial charge in [-0.2, -0.15) is 0 Å². The number of hydrogen-bond acceptors (Lipinski definition) is 10. The third-order valence-corrected chi connectivity index (χ3v) is 7.65. The highest BCUT2D eigenvalue weighted by Gasteiger charge is 2.72. The molecule has 0 spiro atoms. The van der Waals surface area contributed by atoms with E-state index >= 15 is 0 Å². The van der Waals surface area contributed by atoms with Crippen molar-refractivity contribution < 1.29 is 47.5 Å². The molecule has 10 heteroatoms. The molecule has 3 atom stereocenters. The molecule has 0 saturated heterocycles. The van der Waals surface area contributed by atoms with Crippen LogP contribution < -0.4 is 9.47 Å². The molecule has 0 N–H and O–H groups in total. The van der Waals surface area contributed by atoms with Crippen LogP contribution in [0.3, 0.4) is 0 Å². The number of Topliss-reactive ketones (excluding diaryl/α,β-unsaturated/α-hetero) is 2. The highest BCUT2D eigenvalue weighted by atomic mass is 16.9. The first-order valence-electron chi connectivity index (χ1n) is 17.1. The standard InChI is InChI=1S/C39H56O10/c1-13-42-37(39(45-16-4,46-17-5)47-18-6,31-19-23-33(24-20-31)48-29(11)35(40)27(7)8)38(43-14-2,44-15-3)32-21-25-34(26-22-32)49-30(12)36(41)28(9)10/h19-26,29-30H,7,9,13-18H2,1-6,8,10-12H3. The number of benzene rings is 2. The zero-order valence-corrected chi connectivity index (χ0v) is 31.0. The molecule has 0 aliphatic rings. The maximum Gasteiger partial charge on any atom is 0.324 e. The summed E-state index contributed by atoms with van der Waals surface area (Å²) in [5, 5.41) is 0. The van der Waals surface area contributed by atoms with Gasteiger partial charge < -0.3 is 37.9 Å². The second kappa shape index (κ2) is 19.1. The van der Waals surface area contributed by atoms with Crippen molar-refractivity contribution in [3.05, 3.63) is 84.0 Å². The predicted octanol–water partition coefficient (Wildman–Crippen LogP) is 7.43. The average molecular weight is 685 g/mol. The number of rotatable bonds is 24. The molecular formula is C39H56O10. The smallest absolute Gasteiger partial charge is 0.324 e. The van der Waals surface area contributed by atoms with E-state index < -0.39 is 29.6 Å². The van der Waals surface area contributed by atoms with Crippen LogP contribution in [0.4, 0.5) is 0 Å². The van der Waals surface area contributed by atoms with Gasteiger partial charge in [0.15, 0.2) is 23.8 Å². The van der Waals surface area contributed by atoms with Crippen molar-refractivity contribution >= 4 is 11.6 Å². The molecule has 0 saturated carbocycles. The summed E-state index contributed by atoms with van der Waals surface area (Å²) < 4.78 is 51.8. The third kappa shape index (κ3) is 9.05. The predicted molar refractivity (Wildman–Crippen MR) is 189 cm³/mol. The first-order chi connectivity index (χ1) is 23.3. The lowest BCUT2D eigenvalue weighted by Gasteiger charge is -2.56. The Morgan fingerprint density at radius 3 is 1.18 bits per heavy atom. The Hall–Kier alpha value is -3.38. The summed E-state index contributed by atoms with van der Waals surface area (Å²) in [6.45, 7) is 26.3. The van der Waals surface area contributed by atoms with E-state index in [4.69, 9.17) is 37.9 Å². The fourth-order valence-corrected chi connectivity index (χ4v) is 5.80. The van der Waals surface area contributed by atoms with E-state index in [1.54, 1.807) is 76.2 Å². The highest BCUT2D eigenvalue weighted by molar-refractivity contribution is 5.98. The van der Waals surface area contributed by atoms with Crippen LogP contribution >= 0.6 is 0 Å². The number of hydrogen-bond donors (Lipinski definition) is 0. The molecule has 0 aliphatic carbocycles. The second-order valence-electron chi connectivity index (χ2n) is 11.3. The summed E-state index contributed by atoms with van der Waals surface area (Å²) in [6.07, 6.45) is -1.47. The van der Waals surface area contributed by atoms with Crippen LogP contribution in [0.2, 0.25) is 0 Å². The normalized spacial score (nSPS) is 14.4. The Labute approximate surface area is 292 Å². The molecular weight excluding hydrogens is 628 g/mol. The van der Waals surface area contributed by atoms with Gasteiger partial charge in [-0.3, -0.25) is 9.59 Å². The molecule has 0 heterocycles. The summed E-state index contributed by atoms with van der Waals surface area (Å²) in [5.41, 5.74) is 0.0938. The largest absolute Gasteiger partial charge is 0.483 e. The maximum atomic E-state index is 12.5. The van der Waals surface area contributed by atoms with Crippen LogP contribution in [-0.4, -0.2) is 69.4 Å². The van der Waals surface area contributed by atoms with Gasteiger partial charge in [-0.05, 0) is 122 Å². The minimum atomic E-state index is -1.91. The second-order valence-corrected chi connectivity index (χ2v) is 11.3. The zero-order chi connectivity index (χ0) is 36.8. The van der Waals surface area contributed by atoms with Crippen LogP contribution in [0.5, 0.6) is 11.5 Å². The van der Waals surface area contributed by atoms with Crippen LogP contribution in [0.15, 0.2) is 72.8 Å². The van der Waals surface area contributed by atoms with Gasteiger partial charge in [-0.25, -0.2) is 0 Å². The first kappa shape index (κ1) is 41.8. The van der Waals surface area contributed by atoms with Gasteiger partial charge in [0.1, 0.15) is 11.5 Å². The van der Waals surface area contributed by atoms with Crippen LogP contribution in [0, 0.1) is 0 Å². The molecule has 0 aliphatic heterocycles. The number of ketones is 2. The van der Waals surface area contributed by atoms with E-state index in [1.165, 1.54) is 0 Å². The molecule has 3 unspecified atom stereocenters. The molecule has 272 valence electrons. The topological polar surface area (TPSA) is 108 Å². The zero-order valence-electron chi connectivity index (χ0n) is 31.0. The van der Waals surface area contributed by atoms with Gasteiger partial charge in [0.2, 0.25) is 11.4 Å². The van der Waals surface area contributed by atoms with E-state index in [1.807, 2.05) is 41.5 Å². The van der Waals surface area contributed by atoms with Gasteiger partial charge >= 0.3 is 5.97 Å². The maximum absolute atomic E-state index is 12.5. The minimum Gasteiger partial charge on any atom is -0.483 e. The van der Waals surface area contributed by atoms with E-state index in [9.17, 15) is 9.59 Å². The van der Waals surface area contributed by atoms with Gasteiger partial charge in [-0.1, -0.05) is 25.3 Å². The van der Waals surface area contributed by atoms with Crippen molar-refractivity contribution in [3.63, 3.8) is 0 Å². The van der Waals surface area contributed by atoms with E-state index in [0.717, 1.165) is 0 Å². The lowest BCUT2D eigenvalue weighted by atomic mass is 9.77. The van der Waals surface area contributed by atoms with Crippen LogP contribution in [-0.2, 0) is 49.4 Å². The molecule has 0 fully saturated rings. The van der Waals surface area contributed by atoms with Gasteiger partial charge in [0, 0.05) is 45.2 Å². The SMILES string of the molecule is C=C(C)C(=O)C(C)Oc1ccc(C(OCC)(OCC)C(OCC)(c2ccc(OC(C)C(=O)C(=C)C)cc2)C(OCC)(OCC)OCC)cc1. The number of carbonyl (C=O) groups excluding carboxylic acids is 2. The van der Waals surface area contributed by atoms with Crippen molar-refractivity contribution in [2.24, 2.45) is 0 Å². The third-order valence-electron chi connectivity index (χ3n) is 7.65. The molecule has 49 heavy (non-hydrogen) atoms. The van der Waals surface area contributed by atoms with E-state index in [0.29, 0.717) is 33.8 Å².